The Morgan fingerprint density at radius 1 is 1.42 bits per heavy atom. The first-order valence-corrected chi connectivity index (χ1v) is 4.55. The Morgan fingerprint density at radius 3 is 2.67 bits per heavy atom. The first-order chi connectivity index (χ1) is 5.74. The van der Waals surface area contributed by atoms with Crippen LogP contribution in [0.25, 0.3) is 0 Å². The van der Waals surface area contributed by atoms with Crippen LogP contribution in [-0.2, 0) is 6.42 Å². The maximum absolute atomic E-state index is 13.0. The molecule has 1 unspecified atom stereocenters. The van der Waals surface area contributed by atoms with Crippen molar-refractivity contribution in [1.82, 2.24) is 0 Å². The zero-order valence-electron chi connectivity index (χ0n) is 7.06. The maximum atomic E-state index is 13.0. The monoisotopic (exact) mass is 186 g/mol. The van der Waals surface area contributed by atoms with Gasteiger partial charge in [-0.25, -0.2) is 4.39 Å². The van der Waals surface area contributed by atoms with Gasteiger partial charge in [0, 0.05) is 5.38 Å². The van der Waals surface area contributed by atoms with Crippen LogP contribution >= 0.6 is 11.6 Å². The first-order valence-electron chi connectivity index (χ1n) is 4.11. The van der Waals surface area contributed by atoms with Crippen LogP contribution in [0, 0.1) is 5.82 Å². The number of rotatable bonds is 3. The van der Waals surface area contributed by atoms with E-state index >= 15 is 0 Å². The molecule has 0 amide bonds. The highest BCUT2D eigenvalue weighted by Gasteiger charge is 2.06. The second-order valence-corrected chi connectivity index (χ2v) is 3.42. The Balaban J connectivity index is 2.69. The van der Waals surface area contributed by atoms with E-state index in [1.807, 2.05) is 13.0 Å². The molecule has 0 aliphatic carbocycles. The van der Waals surface area contributed by atoms with Crippen LogP contribution in [0.15, 0.2) is 24.3 Å². The van der Waals surface area contributed by atoms with Gasteiger partial charge in [0.2, 0.25) is 0 Å². The molecule has 1 atom stereocenters. The third-order valence-corrected chi connectivity index (χ3v) is 2.31. The van der Waals surface area contributed by atoms with Gasteiger partial charge in [0.05, 0.1) is 0 Å². The molecule has 0 heterocycles. The van der Waals surface area contributed by atoms with Crippen molar-refractivity contribution in [3.63, 3.8) is 0 Å². The summed E-state index contributed by atoms with van der Waals surface area (Å²) in [4.78, 5) is 0. The summed E-state index contributed by atoms with van der Waals surface area (Å²) in [5.41, 5.74) is 0.708. The van der Waals surface area contributed by atoms with Gasteiger partial charge in [-0.3, -0.25) is 0 Å². The normalized spacial score (nSPS) is 12.9. The molecule has 0 nitrogen and oxygen atoms in total. The number of alkyl halides is 1. The summed E-state index contributed by atoms with van der Waals surface area (Å²) in [6.45, 7) is 2.00. The standard InChI is InChI=1S/C10H12ClF/c1-2-9(11)7-8-5-3-4-6-10(8)12/h3-6,9H,2,7H2,1H3. The van der Waals surface area contributed by atoms with Crippen molar-refractivity contribution >= 4 is 11.6 Å². The first kappa shape index (κ1) is 9.53. The van der Waals surface area contributed by atoms with Gasteiger partial charge < -0.3 is 0 Å². The van der Waals surface area contributed by atoms with Crippen molar-refractivity contribution in [3.8, 4) is 0 Å². The molecule has 0 spiro atoms. The van der Waals surface area contributed by atoms with E-state index in [0.29, 0.717) is 12.0 Å². The topological polar surface area (TPSA) is 0 Å². The summed E-state index contributed by atoms with van der Waals surface area (Å²) < 4.78 is 13.0. The van der Waals surface area contributed by atoms with Gasteiger partial charge in [-0.2, -0.15) is 0 Å². The lowest BCUT2D eigenvalue weighted by Gasteiger charge is -2.06. The van der Waals surface area contributed by atoms with Crippen molar-refractivity contribution in [1.29, 1.82) is 0 Å². The zero-order valence-corrected chi connectivity index (χ0v) is 7.81. The number of benzene rings is 1. The van der Waals surface area contributed by atoms with E-state index in [9.17, 15) is 4.39 Å². The maximum Gasteiger partial charge on any atom is 0.126 e. The molecular weight excluding hydrogens is 175 g/mol. The number of hydrogen-bond acceptors (Lipinski definition) is 0. The second kappa shape index (κ2) is 4.46. The van der Waals surface area contributed by atoms with Crippen LogP contribution in [-0.4, -0.2) is 5.38 Å². The summed E-state index contributed by atoms with van der Waals surface area (Å²) in [5, 5.41) is 0.0434. The summed E-state index contributed by atoms with van der Waals surface area (Å²) in [6.07, 6.45) is 1.49. The van der Waals surface area contributed by atoms with Crippen molar-refractivity contribution in [2.45, 2.75) is 25.1 Å². The van der Waals surface area contributed by atoms with E-state index in [1.165, 1.54) is 6.07 Å². The molecule has 12 heavy (non-hydrogen) atoms. The zero-order chi connectivity index (χ0) is 8.97. The van der Waals surface area contributed by atoms with E-state index in [-0.39, 0.29) is 11.2 Å². The van der Waals surface area contributed by atoms with E-state index < -0.39 is 0 Å². The molecule has 1 aromatic rings. The Morgan fingerprint density at radius 2 is 2.08 bits per heavy atom. The van der Waals surface area contributed by atoms with Gasteiger partial charge in [0.25, 0.3) is 0 Å². The predicted molar refractivity (Wildman–Crippen MR) is 50.0 cm³/mol. The largest absolute Gasteiger partial charge is 0.207 e. The molecule has 0 aliphatic rings. The minimum atomic E-state index is -0.156. The molecule has 0 saturated carbocycles. The van der Waals surface area contributed by atoms with E-state index in [2.05, 4.69) is 0 Å². The highest BCUT2D eigenvalue weighted by Crippen LogP contribution is 2.13. The molecule has 0 radical (unpaired) electrons. The molecule has 0 aliphatic heterocycles. The van der Waals surface area contributed by atoms with Crippen molar-refractivity contribution < 1.29 is 4.39 Å². The summed E-state index contributed by atoms with van der Waals surface area (Å²) in [5.74, 6) is -0.156. The average molecular weight is 187 g/mol. The van der Waals surface area contributed by atoms with E-state index in [0.717, 1.165) is 6.42 Å². The summed E-state index contributed by atoms with van der Waals surface area (Å²) >= 11 is 5.91. The third-order valence-electron chi connectivity index (χ3n) is 1.84. The fourth-order valence-electron chi connectivity index (χ4n) is 1.05. The summed E-state index contributed by atoms with van der Waals surface area (Å²) in [6, 6.07) is 6.76. The van der Waals surface area contributed by atoms with Gasteiger partial charge in [0.15, 0.2) is 0 Å². The molecule has 2 heteroatoms. The van der Waals surface area contributed by atoms with E-state index in [4.69, 9.17) is 11.6 Å². The van der Waals surface area contributed by atoms with Crippen LogP contribution < -0.4 is 0 Å². The van der Waals surface area contributed by atoms with Gasteiger partial charge in [0.1, 0.15) is 5.82 Å². The molecule has 0 aromatic heterocycles. The van der Waals surface area contributed by atoms with Crippen molar-refractivity contribution in [2.24, 2.45) is 0 Å². The SMILES string of the molecule is CCC(Cl)Cc1ccccc1F. The number of hydrogen-bond donors (Lipinski definition) is 0. The van der Waals surface area contributed by atoms with Crippen molar-refractivity contribution in [2.75, 3.05) is 0 Å². The van der Waals surface area contributed by atoms with Crippen LogP contribution in [0.5, 0.6) is 0 Å². The fourth-order valence-corrected chi connectivity index (χ4v) is 1.21. The van der Waals surface area contributed by atoms with Crippen LogP contribution in [0.1, 0.15) is 18.9 Å². The van der Waals surface area contributed by atoms with Crippen LogP contribution in [0.4, 0.5) is 4.39 Å². The van der Waals surface area contributed by atoms with Gasteiger partial charge in [-0.05, 0) is 24.5 Å². The lowest BCUT2D eigenvalue weighted by molar-refractivity contribution is 0.604. The van der Waals surface area contributed by atoms with Crippen LogP contribution in [0.2, 0.25) is 0 Å². The van der Waals surface area contributed by atoms with Crippen LogP contribution in [0.3, 0.4) is 0 Å². The quantitative estimate of drug-likeness (QED) is 0.635. The number of halogens is 2. The molecule has 1 aromatic carbocycles. The highest BCUT2D eigenvalue weighted by atomic mass is 35.5. The minimum absolute atomic E-state index is 0.0434. The fraction of sp³-hybridized carbons (Fsp3) is 0.400. The van der Waals surface area contributed by atoms with Gasteiger partial charge in [-0.1, -0.05) is 25.1 Å². The van der Waals surface area contributed by atoms with E-state index in [1.54, 1.807) is 12.1 Å². The smallest absolute Gasteiger partial charge is 0.126 e. The Bertz CT molecular complexity index is 247. The second-order valence-electron chi connectivity index (χ2n) is 2.80. The third kappa shape index (κ3) is 2.49. The molecule has 0 fully saturated rings. The van der Waals surface area contributed by atoms with Gasteiger partial charge >= 0.3 is 0 Å². The minimum Gasteiger partial charge on any atom is -0.207 e. The molecule has 1 rings (SSSR count). The molecular formula is C10H12ClF. The molecule has 0 bridgehead atoms. The molecule has 0 N–H and O–H groups in total. The summed E-state index contributed by atoms with van der Waals surface area (Å²) in [7, 11) is 0. The van der Waals surface area contributed by atoms with Gasteiger partial charge in [-0.15, -0.1) is 11.6 Å². The lowest BCUT2D eigenvalue weighted by Crippen LogP contribution is -2.02. The average Bonchev–Trinajstić information content (AvgIpc) is 2.09. The Kier molecular flexibility index (Phi) is 3.54. The van der Waals surface area contributed by atoms with Crippen molar-refractivity contribution in [3.05, 3.63) is 35.6 Å². The Labute approximate surface area is 77.4 Å². The lowest BCUT2D eigenvalue weighted by atomic mass is 10.1. The molecule has 0 saturated heterocycles. The Hall–Kier alpha value is -0.560. The highest BCUT2D eigenvalue weighted by molar-refractivity contribution is 6.20. The predicted octanol–water partition coefficient (Wildman–Crippen LogP) is 3.39. The molecule has 66 valence electrons.